The topological polar surface area (TPSA) is 83.8 Å². The van der Waals surface area contributed by atoms with Crippen LogP contribution in [0.1, 0.15) is 68.4 Å². The van der Waals surface area contributed by atoms with Crippen molar-refractivity contribution < 1.29 is 24.5 Å². The van der Waals surface area contributed by atoms with Crippen LogP contribution in [0.3, 0.4) is 0 Å². The summed E-state index contributed by atoms with van der Waals surface area (Å²) >= 11 is 0. The van der Waals surface area contributed by atoms with Gasteiger partial charge in [-0.2, -0.15) is 0 Å². The quantitative estimate of drug-likeness (QED) is 0.498. The zero-order valence-electron chi connectivity index (χ0n) is 17.1. The number of aryl methyl sites for hydroxylation is 1. The Balaban J connectivity index is 2.16. The van der Waals surface area contributed by atoms with E-state index in [2.05, 4.69) is 0 Å². The Morgan fingerprint density at radius 2 is 1.93 bits per heavy atom. The van der Waals surface area contributed by atoms with E-state index in [1.165, 1.54) is 0 Å². The van der Waals surface area contributed by atoms with Crippen molar-refractivity contribution in [3.8, 4) is 11.5 Å². The maximum absolute atomic E-state index is 11.8. The van der Waals surface area contributed by atoms with Crippen molar-refractivity contribution in [3.05, 3.63) is 51.6 Å². The molecule has 0 aliphatic carbocycles. The SMILES string of the molecule is CC(C)=CC(=O)C/C(C)=C/CCC1=Cc2c(cc(C)c(C(=O)O)c2O)O[C@@H]1C. The molecule has 28 heavy (non-hydrogen) atoms. The Morgan fingerprint density at radius 1 is 1.25 bits per heavy atom. The first-order valence-corrected chi connectivity index (χ1v) is 9.40. The third-order valence-corrected chi connectivity index (χ3v) is 4.70. The number of aromatic hydroxyl groups is 1. The zero-order chi connectivity index (χ0) is 21.0. The first kappa shape index (κ1) is 21.5. The monoisotopic (exact) mass is 384 g/mol. The number of benzene rings is 1. The van der Waals surface area contributed by atoms with Crippen LogP contribution in [-0.4, -0.2) is 28.1 Å². The van der Waals surface area contributed by atoms with Gasteiger partial charge in [-0.05, 0) is 76.8 Å². The van der Waals surface area contributed by atoms with Crippen LogP contribution in [0.4, 0.5) is 0 Å². The summed E-state index contributed by atoms with van der Waals surface area (Å²) in [6, 6.07) is 1.65. The fourth-order valence-corrected chi connectivity index (χ4v) is 3.34. The molecule has 5 nitrogen and oxygen atoms in total. The molecule has 1 aromatic rings. The normalized spacial score (nSPS) is 16.0. The van der Waals surface area contributed by atoms with Crippen molar-refractivity contribution in [2.45, 2.75) is 60.0 Å². The van der Waals surface area contributed by atoms with Gasteiger partial charge in [0.25, 0.3) is 0 Å². The maximum atomic E-state index is 11.8. The van der Waals surface area contributed by atoms with Crippen molar-refractivity contribution in [3.63, 3.8) is 0 Å². The Kier molecular flexibility index (Phi) is 6.84. The molecule has 0 fully saturated rings. The van der Waals surface area contributed by atoms with Gasteiger partial charge in [-0.15, -0.1) is 0 Å². The van der Waals surface area contributed by atoms with Crippen molar-refractivity contribution in [2.24, 2.45) is 0 Å². The van der Waals surface area contributed by atoms with Crippen LogP contribution in [0.2, 0.25) is 0 Å². The molecule has 1 aliphatic heterocycles. The molecule has 5 heteroatoms. The number of aromatic carboxylic acids is 1. The van der Waals surface area contributed by atoms with Gasteiger partial charge in [0.1, 0.15) is 23.2 Å². The largest absolute Gasteiger partial charge is 0.506 e. The van der Waals surface area contributed by atoms with Crippen LogP contribution >= 0.6 is 0 Å². The number of hydrogen-bond donors (Lipinski definition) is 2. The highest BCUT2D eigenvalue weighted by Gasteiger charge is 2.25. The molecule has 0 amide bonds. The molecule has 0 spiro atoms. The van der Waals surface area contributed by atoms with Crippen LogP contribution in [0.5, 0.6) is 11.5 Å². The van der Waals surface area contributed by atoms with Crippen molar-refractivity contribution in [1.29, 1.82) is 0 Å². The lowest BCUT2D eigenvalue weighted by molar-refractivity contribution is -0.114. The average molecular weight is 384 g/mol. The lowest BCUT2D eigenvalue weighted by atomic mass is 9.94. The van der Waals surface area contributed by atoms with Crippen LogP contribution < -0.4 is 4.74 Å². The number of ketones is 1. The number of carbonyl (C=O) groups excluding carboxylic acids is 1. The molecule has 150 valence electrons. The number of phenols is 1. The van der Waals surface area contributed by atoms with Crippen LogP contribution in [0, 0.1) is 6.92 Å². The lowest BCUT2D eigenvalue weighted by Crippen LogP contribution is -2.19. The molecule has 0 unspecified atom stereocenters. The van der Waals surface area contributed by atoms with Crippen molar-refractivity contribution in [1.82, 2.24) is 0 Å². The minimum absolute atomic E-state index is 0.0951. The fraction of sp³-hybridized carbons (Fsp3) is 0.391. The van der Waals surface area contributed by atoms with Crippen LogP contribution in [-0.2, 0) is 4.79 Å². The van der Waals surface area contributed by atoms with E-state index < -0.39 is 5.97 Å². The molecule has 1 aliphatic rings. The second kappa shape index (κ2) is 8.91. The second-order valence-electron chi connectivity index (χ2n) is 7.57. The van der Waals surface area contributed by atoms with Crippen molar-refractivity contribution in [2.75, 3.05) is 0 Å². The lowest BCUT2D eigenvalue weighted by Gasteiger charge is -2.26. The summed E-state index contributed by atoms with van der Waals surface area (Å²) in [7, 11) is 0. The number of carboxylic acids is 1. The third-order valence-electron chi connectivity index (χ3n) is 4.70. The number of ether oxygens (including phenoxy) is 1. The van der Waals surface area contributed by atoms with Crippen molar-refractivity contribution >= 4 is 17.8 Å². The standard InChI is InChI=1S/C23H28O5/c1-13(2)9-18(24)10-14(3)7-6-8-17-12-19-20(28-16(17)5)11-15(4)21(22(19)25)23(26)27/h7,9,11-12,16,25H,6,8,10H2,1-5H3,(H,26,27)/b14-7+/t16-/m1/s1. The van der Waals surface area contributed by atoms with Gasteiger partial charge in [0.2, 0.25) is 0 Å². The molecule has 1 atom stereocenters. The van der Waals surface area contributed by atoms with E-state index in [4.69, 9.17) is 4.74 Å². The van der Waals surface area contributed by atoms with E-state index in [0.717, 1.165) is 23.1 Å². The Hall–Kier alpha value is -2.82. The van der Waals surface area contributed by atoms with E-state index in [-0.39, 0.29) is 23.2 Å². The van der Waals surface area contributed by atoms with Gasteiger partial charge in [0, 0.05) is 6.42 Å². The first-order valence-electron chi connectivity index (χ1n) is 9.40. The minimum atomic E-state index is -1.16. The third kappa shape index (κ3) is 5.12. The summed E-state index contributed by atoms with van der Waals surface area (Å²) in [6.07, 6.45) is 7.19. The highest BCUT2D eigenvalue weighted by molar-refractivity contribution is 5.95. The zero-order valence-corrected chi connectivity index (χ0v) is 17.1. The predicted molar refractivity (Wildman–Crippen MR) is 110 cm³/mol. The van der Waals surface area contributed by atoms with Gasteiger partial charge in [-0.1, -0.05) is 17.2 Å². The summed E-state index contributed by atoms with van der Waals surface area (Å²) in [5.74, 6) is -0.829. The van der Waals surface area contributed by atoms with Crippen LogP contribution in [0.25, 0.3) is 6.08 Å². The molecule has 2 N–H and O–H groups in total. The predicted octanol–water partition coefficient (Wildman–Crippen LogP) is 5.22. The summed E-state index contributed by atoms with van der Waals surface area (Å²) in [4.78, 5) is 23.3. The number of allylic oxidation sites excluding steroid dienone is 4. The Morgan fingerprint density at radius 3 is 2.54 bits per heavy atom. The molecule has 0 saturated carbocycles. The molecule has 1 aromatic carbocycles. The molecule has 0 saturated heterocycles. The number of hydrogen-bond acceptors (Lipinski definition) is 4. The average Bonchev–Trinajstić information content (AvgIpc) is 2.54. The molecule has 0 radical (unpaired) electrons. The maximum Gasteiger partial charge on any atom is 0.339 e. The molecule has 2 rings (SSSR count). The molecular formula is C23H28O5. The Bertz CT molecular complexity index is 883. The van der Waals surface area contributed by atoms with E-state index in [1.54, 1.807) is 19.1 Å². The Labute approximate surface area is 166 Å². The van der Waals surface area contributed by atoms with Gasteiger partial charge in [0.05, 0.1) is 5.56 Å². The summed E-state index contributed by atoms with van der Waals surface area (Å²) in [5, 5.41) is 19.7. The molecule has 0 aromatic heterocycles. The van der Waals surface area contributed by atoms with Gasteiger partial charge in [-0.25, -0.2) is 4.79 Å². The van der Waals surface area contributed by atoms with Gasteiger partial charge >= 0.3 is 5.97 Å². The van der Waals surface area contributed by atoms with E-state index in [0.29, 0.717) is 29.7 Å². The van der Waals surface area contributed by atoms with Gasteiger partial charge in [-0.3, -0.25) is 4.79 Å². The fourth-order valence-electron chi connectivity index (χ4n) is 3.34. The van der Waals surface area contributed by atoms with E-state index >= 15 is 0 Å². The molecule has 0 bridgehead atoms. The molecule has 1 heterocycles. The summed E-state index contributed by atoms with van der Waals surface area (Å²) in [6.45, 7) is 9.31. The molecular weight excluding hydrogens is 356 g/mol. The minimum Gasteiger partial charge on any atom is -0.506 e. The smallest absolute Gasteiger partial charge is 0.339 e. The second-order valence-corrected chi connectivity index (χ2v) is 7.57. The summed E-state index contributed by atoms with van der Waals surface area (Å²) < 4.78 is 5.90. The number of carboxylic acid groups (broad SMARTS) is 1. The highest BCUT2D eigenvalue weighted by atomic mass is 16.5. The van der Waals surface area contributed by atoms with Crippen LogP contribution in [0.15, 0.2) is 34.9 Å². The van der Waals surface area contributed by atoms with E-state index in [9.17, 15) is 19.8 Å². The summed E-state index contributed by atoms with van der Waals surface area (Å²) in [5.41, 5.74) is 3.76. The number of rotatable bonds is 7. The number of fused-ring (bicyclic) bond motifs is 1. The number of carbonyl (C=O) groups is 2. The highest BCUT2D eigenvalue weighted by Crippen LogP contribution is 2.40. The van der Waals surface area contributed by atoms with Gasteiger partial charge in [0.15, 0.2) is 5.78 Å². The first-order chi connectivity index (χ1) is 13.1. The van der Waals surface area contributed by atoms with Gasteiger partial charge < -0.3 is 14.9 Å². The van der Waals surface area contributed by atoms with E-state index in [1.807, 2.05) is 39.8 Å².